The number of nitrogens with zero attached hydrogens (tertiary/aromatic N) is 1. The molecule has 0 saturated carbocycles. The molecular weight excluding hydrogens is 270 g/mol. The monoisotopic (exact) mass is 293 g/mol. The van der Waals surface area contributed by atoms with Crippen LogP contribution in [-0.4, -0.2) is 35.1 Å². The molecule has 0 aromatic heterocycles. The maximum Gasteiger partial charge on any atom is 0.412 e. The SMILES string of the molecule is CC(C)(C)N(C(=O)O)c1ccc(C2(O)CCOCC2)cc1. The van der Waals surface area contributed by atoms with Crippen molar-refractivity contribution in [1.29, 1.82) is 0 Å². The largest absolute Gasteiger partial charge is 0.465 e. The van der Waals surface area contributed by atoms with Crippen LogP contribution in [0.3, 0.4) is 0 Å². The van der Waals surface area contributed by atoms with Crippen LogP contribution in [0, 0.1) is 0 Å². The lowest BCUT2D eigenvalue weighted by Crippen LogP contribution is -2.45. The Kier molecular flexibility index (Phi) is 4.25. The third kappa shape index (κ3) is 3.36. The summed E-state index contributed by atoms with van der Waals surface area (Å²) in [6.45, 7) is 6.63. The van der Waals surface area contributed by atoms with E-state index in [0.29, 0.717) is 31.7 Å². The molecule has 1 amide bonds. The van der Waals surface area contributed by atoms with Crippen molar-refractivity contribution < 1.29 is 19.7 Å². The number of hydrogen-bond donors (Lipinski definition) is 2. The van der Waals surface area contributed by atoms with E-state index in [0.717, 1.165) is 5.56 Å². The average Bonchev–Trinajstić information content (AvgIpc) is 2.38. The molecule has 0 bridgehead atoms. The Balaban J connectivity index is 2.27. The second kappa shape index (κ2) is 5.66. The topological polar surface area (TPSA) is 70.0 Å². The number of ether oxygens (including phenoxy) is 1. The van der Waals surface area contributed by atoms with Crippen molar-refractivity contribution in [2.45, 2.75) is 44.8 Å². The number of carbonyl (C=O) groups is 1. The fourth-order valence-electron chi connectivity index (χ4n) is 2.70. The molecule has 0 unspecified atom stereocenters. The summed E-state index contributed by atoms with van der Waals surface area (Å²) in [5.74, 6) is 0. The predicted octanol–water partition coefficient (Wildman–Crippen LogP) is 2.97. The molecule has 0 spiro atoms. The highest BCUT2D eigenvalue weighted by Gasteiger charge is 2.33. The Labute approximate surface area is 125 Å². The van der Waals surface area contributed by atoms with E-state index >= 15 is 0 Å². The Morgan fingerprint density at radius 3 is 2.14 bits per heavy atom. The van der Waals surface area contributed by atoms with Gasteiger partial charge in [0.25, 0.3) is 0 Å². The summed E-state index contributed by atoms with van der Waals surface area (Å²) >= 11 is 0. The molecule has 5 nitrogen and oxygen atoms in total. The van der Waals surface area contributed by atoms with Gasteiger partial charge in [0, 0.05) is 37.3 Å². The van der Waals surface area contributed by atoms with Crippen molar-refractivity contribution in [2.75, 3.05) is 18.1 Å². The van der Waals surface area contributed by atoms with E-state index in [1.807, 2.05) is 32.9 Å². The fourth-order valence-corrected chi connectivity index (χ4v) is 2.70. The number of aliphatic hydroxyl groups is 1. The van der Waals surface area contributed by atoms with Gasteiger partial charge in [-0.2, -0.15) is 0 Å². The number of benzene rings is 1. The molecule has 1 aliphatic heterocycles. The zero-order valence-corrected chi connectivity index (χ0v) is 12.8. The van der Waals surface area contributed by atoms with Crippen LogP contribution in [0.1, 0.15) is 39.2 Å². The van der Waals surface area contributed by atoms with Gasteiger partial charge < -0.3 is 14.9 Å². The smallest absolute Gasteiger partial charge is 0.412 e. The summed E-state index contributed by atoms with van der Waals surface area (Å²) in [6, 6.07) is 7.12. The molecule has 2 rings (SSSR count). The number of anilines is 1. The van der Waals surface area contributed by atoms with Gasteiger partial charge >= 0.3 is 6.09 Å². The molecule has 21 heavy (non-hydrogen) atoms. The van der Waals surface area contributed by atoms with Crippen LogP contribution < -0.4 is 4.90 Å². The van der Waals surface area contributed by atoms with Crippen LogP contribution >= 0.6 is 0 Å². The van der Waals surface area contributed by atoms with E-state index in [9.17, 15) is 15.0 Å². The Morgan fingerprint density at radius 1 is 1.19 bits per heavy atom. The Hall–Kier alpha value is -1.59. The van der Waals surface area contributed by atoms with Gasteiger partial charge in [0.15, 0.2) is 0 Å². The van der Waals surface area contributed by atoms with E-state index in [4.69, 9.17) is 4.74 Å². The van der Waals surface area contributed by atoms with Crippen molar-refractivity contribution in [1.82, 2.24) is 0 Å². The van der Waals surface area contributed by atoms with E-state index in [1.54, 1.807) is 12.1 Å². The maximum absolute atomic E-state index is 11.5. The third-order valence-electron chi connectivity index (χ3n) is 3.84. The summed E-state index contributed by atoms with van der Waals surface area (Å²) in [5.41, 5.74) is 0.0263. The molecule has 1 aromatic rings. The van der Waals surface area contributed by atoms with Crippen LogP contribution in [0.15, 0.2) is 24.3 Å². The van der Waals surface area contributed by atoms with Gasteiger partial charge in [-0.3, -0.25) is 4.90 Å². The summed E-state index contributed by atoms with van der Waals surface area (Å²) < 4.78 is 5.28. The number of carboxylic acid groups (broad SMARTS) is 1. The Bertz CT molecular complexity index is 498. The summed E-state index contributed by atoms with van der Waals surface area (Å²) in [4.78, 5) is 12.8. The molecule has 2 N–H and O–H groups in total. The van der Waals surface area contributed by atoms with Gasteiger partial charge in [0.05, 0.1) is 5.60 Å². The lowest BCUT2D eigenvalue weighted by atomic mass is 9.86. The van der Waals surface area contributed by atoms with E-state index in [1.165, 1.54) is 4.90 Å². The molecule has 1 saturated heterocycles. The molecule has 5 heteroatoms. The van der Waals surface area contributed by atoms with Crippen molar-refractivity contribution in [3.05, 3.63) is 29.8 Å². The van der Waals surface area contributed by atoms with E-state index in [2.05, 4.69) is 0 Å². The van der Waals surface area contributed by atoms with Crippen LogP contribution in [0.4, 0.5) is 10.5 Å². The standard InChI is InChI=1S/C16H23NO4/c1-15(2,3)17(14(18)19)13-6-4-12(5-7-13)16(20)8-10-21-11-9-16/h4-7,20H,8-11H2,1-3H3,(H,18,19). The molecular formula is C16H23NO4. The van der Waals surface area contributed by atoms with Gasteiger partial charge in [0.1, 0.15) is 0 Å². The molecule has 1 fully saturated rings. The number of amides is 1. The van der Waals surface area contributed by atoms with Gasteiger partial charge in [-0.25, -0.2) is 4.79 Å². The van der Waals surface area contributed by atoms with Crippen LogP contribution in [0.25, 0.3) is 0 Å². The summed E-state index contributed by atoms with van der Waals surface area (Å²) in [5, 5.41) is 20.0. The van der Waals surface area contributed by atoms with E-state index in [-0.39, 0.29) is 0 Å². The van der Waals surface area contributed by atoms with Gasteiger partial charge in [-0.1, -0.05) is 12.1 Å². The summed E-state index contributed by atoms with van der Waals surface area (Å²) in [7, 11) is 0. The minimum Gasteiger partial charge on any atom is -0.465 e. The first-order valence-corrected chi connectivity index (χ1v) is 7.18. The first-order chi connectivity index (χ1) is 9.74. The highest BCUT2D eigenvalue weighted by molar-refractivity contribution is 5.87. The van der Waals surface area contributed by atoms with Crippen LogP contribution in [-0.2, 0) is 10.3 Å². The van der Waals surface area contributed by atoms with Crippen molar-refractivity contribution in [3.8, 4) is 0 Å². The predicted molar refractivity (Wildman–Crippen MR) is 80.6 cm³/mol. The lowest BCUT2D eigenvalue weighted by Gasteiger charge is -2.35. The van der Waals surface area contributed by atoms with Gasteiger partial charge in [0.2, 0.25) is 0 Å². The second-order valence-electron chi connectivity index (χ2n) is 6.48. The number of rotatable bonds is 2. The normalized spacial score (nSPS) is 18.3. The first kappa shape index (κ1) is 15.8. The Morgan fingerprint density at radius 2 is 1.71 bits per heavy atom. The molecule has 0 radical (unpaired) electrons. The zero-order chi connectivity index (χ0) is 15.7. The van der Waals surface area contributed by atoms with Gasteiger partial charge in [-0.05, 0) is 38.5 Å². The van der Waals surface area contributed by atoms with Crippen LogP contribution in [0.5, 0.6) is 0 Å². The highest BCUT2D eigenvalue weighted by atomic mass is 16.5. The highest BCUT2D eigenvalue weighted by Crippen LogP contribution is 2.33. The quantitative estimate of drug-likeness (QED) is 0.879. The van der Waals surface area contributed by atoms with Crippen molar-refractivity contribution in [2.24, 2.45) is 0 Å². The van der Waals surface area contributed by atoms with Crippen LogP contribution in [0.2, 0.25) is 0 Å². The van der Waals surface area contributed by atoms with Crippen molar-refractivity contribution in [3.63, 3.8) is 0 Å². The fraction of sp³-hybridized carbons (Fsp3) is 0.562. The summed E-state index contributed by atoms with van der Waals surface area (Å²) in [6.07, 6.45) is 0.141. The molecule has 1 heterocycles. The third-order valence-corrected chi connectivity index (χ3v) is 3.84. The lowest BCUT2D eigenvalue weighted by molar-refractivity contribution is -0.0679. The minimum atomic E-state index is -0.986. The minimum absolute atomic E-state index is 0.525. The molecule has 0 aliphatic carbocycles. The molecule has 1 aromatic carbocycles. The maximum atomic E-state index is 11.5. The second-order valence-corrected chi connectivity index (χ2v) is 6.48. The first-order valence-electron chi connectivity index (χ1n) is 7.18. The molecule has 1 aliphatic rings. The zero-order valence-electron chi connectivity index (χ0n) is 12.8. The van der Waals surface area contributed by atoms with Crippen molar-refractivity contribution >= 4 is 11.8 Å². The molecule has 116 valence electrons. The average molecular weight is 293 g/mol. The number of hydrogen-bond acceptors (Lipinski definition) is 3. The van der Waals surface area contributed by atoms with E-state index < -0.39 is 17.2 Å². The van der Waals surface area contributed by atoms with Gasteiger partial charge in [-0.15, -0.1) is 0 Å². The molecule has 0 atom stereocenters.